The summed E-state index contributed by atoms with van der Waals surface area (Å²) in [6.07, 6.45) is 1.54. The summed E-state index contributed by atoms with van der Waals surface area (Å²) in [5, 5.41) is 4.32. The van der Waals surface area contributed by atoms with E-state index in [1.54, 1.807) is 25.5 Å². The van der Waals surface area contributed by atoms with E-state index in [-0.39, 0.29) is 5.91 Å². The Morgan fingerprint density at radius 3 is 2.81 bits per heavy atom. The van der Waals surface area contributed by atoms with Crippen LogP contribution in [0.15, 0.2) is 47.6 Å². The van der Waals surface area contributed by atoms with Gasteiger partial charge < -0.3 is 4.74 Å². The number of halogens is 1. The van der Waals surface area contributed by atoms with E-state index >= 15 is 0 Å². The van der Waals surface area contributed by atoms with E-state index < -0.39 is 0 Å². The summed E-state index contributed by atoms with van der Waals surface area (Å²) in [6, 6.07) is 12.6. The molecule has 0 aliphatic carbocycles. The van der Waals surface area contributed by atoms with Gasteiger partial charge in [0.1, 0.15) is 5.75 Å². The molecule has 0 atom stereocenters. The zero-order chi connectivity index (χ0) is 15.2. The molecular weight excluding hydrogens is 288 g/mol. The van der Waals surface area contributed by atoms with E-state index in [0.717, 1.165) is 16.9 Å². The van der Waals surface area contributed by atoms with E-state index in [2.05, 4.69) is 10.5 Å². The van der Waals surface area contributed by atoms with Gasteiger partial charge in [0.2, 0.25) is 0 Å². The fraction of sp³-hybridized carbons (Fsp3) is 0.125. The quantitative estimate of drug-likeness (QED) is 0.695. The topological polar surface area (TPSA) is 50.7 Å². The molecule has 0 aliphatic heterocycles. The molecule has 2 aromatic carbocycles. The van der Waals surface area contributed by atoms with Gasteiger partial charge in [0.25, 0.3) is 5.91 Å². The summed E-state index contributed by atoms with van der Waals surface area (Å²) in [6.45, 7) is 1.91. The Kier molecular flexibility index (Phi) is 4.95. The zero-order valence-corrected chi connectivity index (χ0v) is 12.5. The number of nitrogens with one attached hydrogen (secondary N) is 1. The van der Waals surface area contributed by atoms with E-state index in [1.165, 1.54) is 0 Å². The van der Waals surface area contributed by atoms with Gasteiger partial charge in [-0.1, -0.05) is 29.8 Å². The van der Waals surface area contributed by atoms with Crippen molar-refractivity contribution >= 4 is 23.7 Å². The van der Waals surface area contributed by atoms with Crippen LogP contribution < -0.4 is 10.2 Å². The van der Waals surface area contributed by atoms with E-state index in [0.29, 0.717) is 10.6 Å². The Bertz CT molecular complexity index is 684. The highest BCUT2D eigenvalue weighted by Gasteiger charge is 2.08. The third-order valence-electron chi connectivity index (χ3n) is 2.84. The molecule has 0 bridgehead atoms. The number of aryl methyl sites for hydroxylation is 1. The second kappa shape index (κ2) is 6.90. The number of carbonyl (C=O) groups is 1. The van der Waals surface area contributed by atoms with Gasteiger partial charge in [-0.2, -0.15) is 5.10 Å². The summed E-state index contributed by atoms with van der Waals surface area (Å²) in [5.74, 6) is 0.381. The summed E-state index contributed by atoms with van der Waals surface area (Å²) in [4.78, 5) is 12.0. The average Bonchev–Trinajstić information content (AvgIpc) is 2.47. The van der Waals surface area contributed by atoms with Crippen LogP contribution in [-0.2, 0) is 0 Å². The predicted octanol–water partition coefficient (Wildman–Crippen LogP) is 3.42. The number of benzene rings is 2. The maximum Gasteiger partial charge on any atom is 0.272 e. The van der Waals surface area contributed by atoms with Crippen LogP contribution >= 0.6 is 11.6 Å². The Morgan fingerprint density at radius 2 is 2.10 bits per heavy atom. The smallest absolute Gasteiger partial charge is 0.272 e. The van der Waals surface area contributed by atoms with Crippen molar-refractivity contribution in [3.05, 3.63) is 64.2 Å². The number of carbonyl (C=O) groups excluding carboxylic acids is 1. The van der Waals surface area contributed by atoms with Crippen molar-refractivity contribution in [3.63, 3.8) is 0 Å². The minimum absolute atomic E-state index is 0.348. The minimum Gasteiger partial charge on any atom is -0.497 e. The number of nitrogens with zero attached hydrogens (tertiary/aromatic N) is 1. The average molecular weight is 303 g/mol. The third kappa shape index (κ3) is 4.07. The SMILES string of the molecule is COc1cccc(C=NNC(=O)c2ccc(C)cc2Cl)c1. The molecule has 1 amide bonds. The Morgan fingerprint density at radius 1 is 1.29 bits per heavy atom. The molecule has 0 unspecified atom stereocenters. The molecule has 0 heterocycles. The van der Waals surface area contributed by atoms with Gasteiger partial charge in [-0.15, -0.1) is 0 Å². The standard InChI is InChI=1S/C16H15ClN2O2/c1-11-6-7-14(15(17)8-11)16(20)19-18-10-12-4-3-5-13(9-12)21-2/h3-10H,1-2H3,(H,19,20). The van der Waals surface area contributed by atoms with Gasteiger partial charge in [-0.05, 0) is 42.3 Å². The lowest BCUT2D eigenvalue weighted by Gasteiger charge is -2.03. The van der Waals surface area contributed by atoms with Crippen molar-refractivity contribution in [1.29, 1.82) is 0 Å². The molecule has 0 fully saturated rings. The third-order valence-corrected chi connectivity index (χ3v) is 3.16. The number of hydrazone groups is 1. The van der Waals surface area contributed by atoms with Crippen molar-refractivity contribution in [3.8, 4) is 5.75 Å². The molecule has 0 saturated heterocycles. The maximum atomic E-state index is 12.0. The second-order valence-electron chi connectivity index (χ2n) is 4.46. The fourth-order valence-corrected chi connectivity index (χ4v) is 2.07. The first-order valence-corrected chi connectivity index (χ1v) is 6.71. The number of methoxy groups -OCH3 is 1. The molecule has 0 saturated carbocycles. The molecule has 2 aromatic rings. The number of amides is 1. The van der Waals surface area contributed by atoms with Crippen LogP contribution in [0, 0.1) is 6.92 Å². The lowest BCUT2D eigenvalue weighted by molar-refractivity contribution is 0.0955. The number of hydrogen-bond acceptors (Lipinski definition) is 3. The Balaban J connectivity index is 2.04. The summed E-state index contributed by atoms with van der Waals surface area (Å²) < 4.78 is 5.11. The van der Waals surface area contributed by atoms with Crippen LogP contribution in [0.3, 0.4) is 0 Å². The highest BCUT2D eigenvalue weighted by atomic mass is 35.5. The molecule has 0 aliphatic rings. The molecule has 5 heteroatoms. The van der Waals surface area contributed by atoms with E-state index in [9.17, 15) is 4.79 Å². The Labute approximate surface area is 128 Å². The molecule has 0 spiro atoms. The fourth-order valence-electron chi connectivity index (χ4n) is 1.75. The molecule has 2 rings (SSSR count). The van der Waals surface area contributed by atoms with Gasteiger partial charge >= 0.3 is 0 Å². The van der Waals surface area contributed by atoms with Gasteiger partial charge in [0.15, 0.2) is 0 Å². The normalized spacial score (nSPS) is 10.6. The van der Waals surface area contributed by atoms with Gasteiger partial charge in [-0.25, -0.2) is 5.43 Å². The van der Waals surface area contributed by atoms with Gasteiger partial charge in [-0.3, -0.25) is 4.79 Å². The highest BCUT2D eigenvalue weighted by molar-refractivity contribution is 6.33. The molecule has 0 aromatic heterocycles. The summed E-state index contributed by atoms with van der Waals surface area (Å²) in [7, 11) is 1.59. The van der Waals surface area contributed by atoms with Crippen LogP contribution in [0.2, 0.25) is 5.02 Å². The largest absolute Gasteiger partial charge is 0.497 e. The van der Waals surface area contributed by atoms with Crippen molar-refractivity contribution in [2.45, 2.75) is 6.92 Å². The van der Waals surface area contributed by atoms with E-state index in [4.69, 9.17) is 16.3 Å². The lowest BCUT2D eigenvalue weighted by atomic mass is 10.1. The molecular formula is C16H15ClN2O2. The van der Waals surface area contributed by atoms with Crippen molar-refractivity contribution in [2.24, 2.45) is 5.10 Å². The molecule has 0 radical (unpaired) electrons. The van der Waals surface area contributed by atoms with Crippen molar-refractivity contribution < 1.29 is 9.53 Å². The zero-order valence-electron chi connectivity index (χ0n) is 11.8. The first-order valence-electron chi connectivity index (χ1n) is 6.34. The lowest BCUT2D eigenvalue weighted by Crippen LogP contribution is -2.18. The van der Waals surface area contributed by atoms with Crippen LogP contribution in [0.1, 0.15) is 21.5 Å². The Hall–Kier alpha value is -2.33. The first-order chi connectivity index (χ1) is 10.1. The van der Waals surface area contributed by atoms with Crippen molar-refractivity contribution in [1.82, 2.24) is 5.43 Å². The van der Waals surface area contributed by atoms with Crippen LogP contribution in [0.5, 0.6) is 5.75 Å². The maximum absolute atomic E-state index is 12.0. The van der Waals surface area contributed by atoms with Crippen LogP contribution in [0.4, 0.5) is 0 Å². The number of rotatable bonds is 4. The minimum atomic E-state index is -0.348. The monoisotopic (exact) mass is 302 g/mol. The van der Waals surface area contributed by atoms with Crippen molar-refractivity contribution in [2.75, 3.05) is 7.11 Å². The number of hydrogen-bond donors (Lipinski definition) is 1. The van der Waals surface area contributed by atoms with Gasteiger partial charge in [0, 0.05) is 0 Å². The van der Waals surface area contributed by atoms with Crippen LogP contribution in [0.25, 0.3) is 0 Å². The number of ether oxygens (including phenoxy) is 1. The van der Waals surface area contributed by atoms with Gasteiger partial charge in [0.05, 0.1) is 23.9 Å². The first kappa shape index (κ1) is 15.1. The van der Waals surface area contributed by atoms with Crippen LogP contribution in [-0.4, -0.2) is 19.2 Å². The van der Waals surface area contributed by atoms with E-state index in [1.807, 2.05) is 37.3 Å². The molecule has 21 heavy (non-hydrogen) atoms. The summed E-state index contributed by atoms with van der Waals surface area (Å²) >= 11 is 6.03. The molecule has 108 valence electrons. The molecule has 1 N–H and O–H groups in total. The highest BCUT2D eigenvalue weighted by Crippen LogP contribution is 2.17. The predicted molar refractivity (Wildman–Crippen MR) is 84.2 cm³/mol. The summed E-state index contributed by atoms with van der Waals surface area (Å²) in [5.41, 5.74) is 4.66. The molecule has 4 nitrogen and oxygen atoms in total. The second-order valence-corrected chi connectivity index (χ2v) is 4.87.